The molecule has 0 spiro atoms. The lowest BCUT2D eigenvalue weighted by atomic mass is 10.2. The van der Waals surface area contributed by atoms with Crippen LogP contribution < -0.4 is 10.0 Å². The average molecular weight is 377 g/mol. The SMILES string of the molecule is O=C(NCc1ccccn1)c1cccc(S(=O)(=O)N[C@@H]2CCSC2)c1. The molecule has 2 aromatic rings. The van der Waals surface area contributed by atoms with Crippen LogP contribution in [-0.4, -0.2) is 36.9 Å². The third-order valence-electron chi connectivity index (χ3n) is 3.81. The first-order valence-electron chi connectivity index (χ1n) is 7.93. The third-order valence-corrected chi connectivity index (χ3v) is 6.49. The van der Waals surface area contributed by atoms with Gasteiger partial charge in [-0.15, -0.1) is 0 Å². The normalized spacial score (nSPS) is 17.4. The quantitative estimate of drug-likeness (QED) is 0.801. The first-order valence-corrected chi connectivity index (χ1v) is 10.6. The lowest BCUT2D eigenvalue weighted by Crippen LogP contribution is -2.34. The van der Waals surface area contributed by atoms with E-state index in [-0.39, 0.29) is 23.4 Å². The Bertz CT molecular complexity index is 835. The van der Waals surface area contributed by atoms with Crippen molar-refractivity contribution in [1.82, 2.24) is 15.0 Å². The second kappa shape index (κ2) is 7.99. The molecule has 132 valence electrons. The summed E-state index contributed by atoms with van der Waals surface area (Å²) in [5.74, 6) is 1.41. The molecular formula is C17H19N3O3S2. The van der Waals surface area contributed by atoms with Gasteiger partial charge in [-0.1, -0.05) is 12.1 Å². The summed E-state index contributed by atoms with van der Waals surface area (Å²) in [5.41, 5.74) is 1.04. The summed E-state index contributed by atoms with van der Waals surface area (Å²) in [6.45, 7) is 0.286. The van der Waals surface area contributed by atoms with E-state index >= 15 is 0 Å². The minimum Gasteiger partial charge on any atom is -0.346 e. The standard InChI is InChI=1S/C17H19N3O3S2/c21-17(19-11-14-5-1-2-8-18-14)13-4-3-6-16(10-13)25(22,23)20-15-7-9-24-12-15/h1-6,8,10,15,20H,7,9,11-12H2,(H,19,21)/t15-/m1/s1. The number of sulfonamides is 1. The van der Waals surface area contributed by atoms with E-state index in [0.717, 1.165) is 23.6 Å². The van der Waals surface area contributed by atoms with Gasteiger partial charge >= 0.3 is 0 Å². The number of thioether (sulfide) groups is 1. The van der Waals surface area contributed by atoms with E-state index in [9.17, 15) is 13.2 Å². The van der Waals surface area contributed by atoms with Crippen molar-refractivity contribution in [3.63, 3.8) is 0 Å². The van der Waals surface area contributed by atoms with Crippen LogP contribution in [0.3, 0.4) is 0 Å². The Hall–Kier alpha value is -1.90. The Morgan fingerprint density at radius 3 is 2.84 bits per heavy atom. The van der Waals surface area contributed by atoms with E-state index in [0.29, 0.717) is 5.56 Å². The van der Waals surface area contributed by atoms with Crippen LogP contribution in [0.15, 0.2) is 53.6 Å². The number of hydrogen-bond donors (Lipinski definition) is 2. The first kappa shape index (κ1) is 17.9. The van der Waals surface area contributed by atoms with Crippen LogP contribution in [0.2, 0.25) is 0 Å². The van der Waals surface area contributed by atoms with Crippen LogP contribution in [0.4, 0.5) is 0 Å². The second-order valence-corrected chi connectivity index (χ2v) is 8.58. The van der Waals surface area contributed by atoms with Gasteiger partial charge in [-0.2, -0.15) is 11.8 Å². The summed E-state index contributed by atoms with van der Waals surface area (Å²) >= 11 is 1.73. The molecule has 1 aliphatic rings. The number of pyridine rings is 1. The van der Waals surface area contributed by atoms with E-state index < -0.39 is 10.0 Å². The number of hydrogen-bond acceptors (Lipinski definition) is 5. The lowest BCUT2D eigenvalue weighted by Gasteiger charge is -2.12. The summed E-state index contributed by atoms with van der Waals surface area (Å²) in [5, 5.41) is 2.75. The highest BCUT2D eigenvalue weighted by molar-refractivity contribution is 7.99. The Morgan fingerprint density at radius 2 is 2.12 bits per heavy atom. The predicted molar refractivity (Wildman–Crippen MR) is 97.9 cm³/mol. The molecular weight excluding hydrogens is 358 g/mol. The molecule has 25 heavy (non-hydrogen) atoms. The van der Waals surface area contributed by atoms with Gasteiger partial charge in [0.2, 0.25) is 10.0 Å². The number of aromatic nitrogens is 1. The number of carbonyl (C=O) groups excluding carboxylic acids is 1. The maximum absolute atomic E-state index is 12.5. The zero-order chi connectivity index (χ0) is 17.7. The highest BCUT2D eigenvalue weighted by Crippen LogP contribution is 2.20. The second-order valence-electron chi connectivity index (χ2n) is 5.71. The molecule has 0 radical (unpaired) electrons. The molecule has 1 fully saturated rings. The molecule has 1 amide bonds. The molecule has 1 aliphatic heterocycles. The summed E-state index contributed by atoms with van der Waals surface area (Å²) < 4.78 is 27.7. The highest BCUT2D eigenvalue weighted by Gasteiger charge is 2.23. The maximum Gasteiger partial charge on any atom is 0.251 e. The van der Waals surface area contributed by atoms with Crippen molar-refractivity contribution in [2.45, 2.75) is 23.9 Å². The van der Waals surface area contributed by atoms with Gasteiger partial charge in [0.1, 0.15) is 0 Å². The Kier molecular flexibility index (Phi) is 5.72. The van der Waals surface area contributed by atoms with Gasteiger partial charge in [0.15, 0.2) is 0 Å². The van der Waals surface area contributed by atoms with Gasteiger partial charge in [-0.3, -0.25) is 9.78 Å². The van der Waals surface area contributed by atoms with E-state index in [1.807, 2.05) is 12.1 Å². The van der Waals surface area contributed by atoms with Gasteiger partial charge in [-0.05, 0) is 42.5 Å². The van der Waals surface area contributed by atoms with Crippen LogP contribution in [0.25, 0.3) is 0 Å². The highest BCUT2D eigenvalue weighted by atomic mass is 32.2. The molecule has 0 bridgehead atoms. The van der Waals surface area contributed by atoms with Crippen LogP contribution in [0.1, 0.15) is 22.5 Å². The maximum atomic E-state index is 12.5. The zero-order valence-electron chi connectivity index (χ0n) is 13.5. The fraction of sp³-hybridized carbons (Fsp3) is 0.294. The number of rotatable bonds is 6. The molecule has 0 aliphatic carbocycles. The number of nitrogens with zero attached hydrogens (tertiary/aromatic N) is 1. The molecule has 1 saturated heterocycles. The Labute approximate surface area is 151 Å². The topological polar surface area (TPSA) is 88.2 Å². The van der Waals surface area contributed by atoms with Gasteiger partial charge in [0, 0.05) is 23.6 Å². The van der Waals surface area contributed by atoms with Crippen LogP contribution in [0, 0.1) is 0 Å². The summed E-state index contributed by atoms with van der Waals surface area (Å²) in [6, 6.07) is 11.5. The fourth-order valence-electron chi connectivity index (χ4n) is 2.50. The minimum atomic E-state index is -3.62. The van der Waals surface area contributed by atoms with E-state index in [1.165, 1.54) is 12.1 Å². The van der Waals surface area contributed by atoms with Crippen molar-refractivity contribution in [2.75, 3.05) is 11.5 Å². The smallest absolute Gasteiger partial charge is 0.251 e. The Balaban J connectivity index is 1.68. The van der Waals surface area contributed by atoms with E-state index in [4.69, 9.17) is 0 Å². The van der Waals surface area contributed by atoms with Crippen molar-refractivity contribution >= 4 is 27.7 Å². The monoisotopic (exact) mass is 377 g/mol. The van der Waals surface area contributed by atoms with Crippen LogP contribution >= 0.6 is 11.8 Å². The van der Waals surface area contributed by atoms with Crippen molar-refractivity contribution in [1.29, 1.82) is 0 Å². The molecule has 1 atom stereocenters. The number of carbonyl (C=O) groups is 1. The van der Waals surface area contributed by atoms with Gasteiger partial charge < -0.3 is 5.32 Å². The van der Waals surface area contributed by atoms with Gasteiger partial charge in [-0.25, -0.2) is 13.1 Å². The van der Waals surface area contributed by atoms with Crippen molar-refractivity contribution in [2.24, 2.45) is 0 Å². The third kappa shape index (κ3) is 4.81. The van der Waals surface area contributed by atoms with Crippen LogP contribution in [-0.2, 0) is 16.6 Å². The summed E-state index contributed by atoms with van der Waals surface area (Å²) in [7, 11) is -3.62. The number of nitrogens with one attached hydrogen (secondary N) is 2. The summed E-state index contributed by atoms with van der Waals surface area (Å²) in [4.78, 5) is 16.5. The average Bonchev–Trinajstić information content (AvgIpc) is 3.13. The first-order chi connectivity index (χ1) is 12.0. The number of benzene rings is 1. The van der Waals surface area contributed by atoms with E-state index in [2.05, 4.69) is 15.0 Å². The van der Waals surface area contributed by atoms with Gasteiger partial charge in [0.05, 0.1) is 17.1 Å². The molecule has 8 heteroatoms. The molecule has 0 saturated carbocycles. The molecule has 0 unspecified atom stereocenters. The predicted octanol–water partition coefficient (Wildman–Crippen LogP) is 1.80. The summed E-state index contributed by atoms with van der Waals surface area (Å²) in [6.07, 6.45) is 2.48. The molecule has 3 rings (SSSR count). The molecule has 2 heterocycles. The zero-order valence-corrected chi connectivity index (χ0v) is 15.1. The fourth-order valence-corrected chi connectivity index (χ4v) is 5.07. The van der Waals surface area contributed by atoms with Gasteiger partial charge in [0.25, 0.3) is 5.91 Å². The van der Waals surface area contributed by atoms with Crippen LogP contribution in [0.5, 0.6) is 0 Å². The van der Waals surface area contributed by atoms with Crippen molar-refractivity contribution in [3.05, 3.63) is 59.9 Å². The van der Waals surface area contributed by atoms with Crippen molar-refractivity contribution in [3.8, 4) is 0 Å². The number of amides is 1. The van der Waals surface area contributed by atoms with E-state index in [1.54, 1.807) is 36.2 Å². The minimum absolute atomic E-state index is 0.0448. The van der Waals surface area contributed by atoms with Crippen molar-refractivity contribution < 1.29 is 13.2 Å². The molecule has 6 nitrogen and oxygen atoms in total. The largest absolute Gasteiger partial charge is 0.346 e. The molecule has 2 N–H and O–H groups in total. The molecule has 1 aromatic carbocycles. The molecule has 1 aromatic heterocycles. The Morgan fingerprint density at radius 1 is 1.24 bits per heavy atom. The lowest BCUT2D eigenvalue weighted by molar-refractivity contribution is 0.0950.